The van der Waals surface area contributed by atoms with Gasteiger partial charge in [0, 0.05) is 24.8 Å². The van der Waals surface area contributed by atoms with Crippen LogP contribution in [0.4, 0.5) is 5.69 Å². The lowest BCUT2D eigenvalue weighted by atomic mass is 10.1. The molecule has 0 aliphatic rings. The molecule has 0 atom stereocenters. The first-order chi connectivity index (χ1) is 8.42. The molecule has 5 heteroatoms. The van der Waals surface area contributed by atoms with Gasteiger partial charge in [-0.25, -0.2) is 0 Å². The molecule has 2 N–H and O–H groups in total. The van der Waals surface area contributed by atoms with Crippen molar-refractivity contribution >= 4 is 11.6 Å². The molecule has 0 saturated heterocycles. The molecule has 1 amide bonds. The van der Waals surface area contributed by atoms with Crippen molar-refractivity contribution in [3.05, 3.63) is 17.7 Å². The van der Waals surface area contributed by atoms with Gasteiger partial charge in [0.05, 0.1) is 19.8 Å². The molecular weight excluding hydrogens is 232 g/mol. The Hall–Kier alpha value is -1.91. The van der Waals surface area contributed by atoms with E-state index in [1.54, 1.807) is 24.1 Å². The molecule has 0 aliphatic heterocycles. The Morgan fingerprint density at radius 3 is 2.17 bits per heavy atom. The van der Waals surface area contributed by atoms with Gasteiger partial charge >= 0.3 is 0 Å². The van der Waals surface area contributed by atoms with Gasteiger partial charge in [0.25, 0.3) is 5.91 Å². The lowest BCUT2D eigenvalue weighted by Gasteiger charge is -2.22. The number of anilines is 1. The monoisotopic (exact) mass is 252 g/mol. The summed E-state index contributed by atoms with van der Waals surface area (Å²) in [4.78, 5) is 13.8. The van der Waals surface area contributed by atoms with E-state index in [1.807, 2.05) is 13.8 Å². The summed E-state index contributed by atoms with van der Waals surface area (Å²) in [6.45, 7) is 3.88. The third kappa shape index (κ3) is 2.67. The van der Waals surface area contributed by atoms with Crippen molar-refractivity contribution in [2.75, 3.05) is 27.0 Å². The maximum atomic E-state index is 12.2. The number of amides is 1. The summed E-state index contributed by atoms with van der Waals surface area (Å²) in [5.74, 6) is 0.870. The molecule has 0 spiro atoms. The van der Waals surface area contributed by atoms with Gasteiger partial charge < -0.3 is 20.1 Å². The number of methoxy groups -OCH3 is 2. The first-order valence-electron chi connectivity index (χ1n) is 5.71. The normalized spacial score (nSPS) is 10.3. The Morgan fingerprint density at radius 2 is 1.72 bits per heavy atom. The first kappa shape index (κ1) is 14.2. The summed E-state index contributed by atoms with van der Waals surface area (Å²) in [6.07, 6.45) is 0. The van der Waals surface area contributed by atoms with Crippen molar-refractivity contribution < 1.29 is 14.3 Å². The number of ether oxygens (including phenoxy) is 2. The van der Waals surface area contributed by atoms with Crippen LogP contribution in [0.3, 0.4) is 0 Å². The zero-order valence-electron chi connectivity index (χ0n) is 11.5. The Bertz CT molecular complexity index is 444. The van der Waals surface area contributed by atoms with Crippen molar-refractivity contribution in [1.29, 1.82) is 0 Å². The largest absolute Gasteiger partial charge is 0.493 e. The molecule has 0 radical (unpaired) electrons. The number of carbonyl (C=O) groups is 1. The van der Waals surface area contributed by atoms with Crippen LogP contribution in [-0.4, -0.2) is 38.1 Å². The van der Waals surface area contributed by atoms with Crippen molar-refractivity contribution in [3.63, 3.8) is 0 Å². The van der Waals surface area contributed by atoms with E-state index in [0.717, 1.165) is 0 Å². The van der Waals surface area contributed by atoms with Gasteiger partial charge in [-0.05, 0) is 19.9 Å². The molecule has 0 bridgehead atoms. The molecule has 0 saturated carbocycles. The predicted molar refractivity (Wildman–Crippen MR) is 71.2 cm³/mol. The van der Waals surface area contributed by atoms with Crippen LogP contribution in [0.2, 0.25) is 0 Å². The third-order valence-electron chi connectivity index (χ3n) is 2.88. The highest BCUT2D eigenvalue weighted by atomic mass is 16.5. The lowest BCUT2D eigenvalue weighted by molar-refractivity contribution is 0.0755. The van der Waals surface area contributed by atoms with Crippen LogP contribution in [0.15, 0.2) is 12.1 Å². The number of carbonyl (C=O) groups excluding carboxylic acids is 1. The van der Waals surface area contributed by atoms with Crippen LogP contribution in [0.5, 0.6) is 11.5 Å². The van der Waals surface area contributed by atoms with Gasteiger partial charge in [-0.3, -0.25) is 4.79 Å². The van der Waals surface area contributed by atoms with E-state index in [4.69, 9.17) is 15.2 Å². The minimum Gasteiger partial charge on any atom is -0.493 e. The maximum Gasteiger partial charge on any atom is 0.256 e. The Labute approximate surface area is 107 Å². The average Bonchev–Trinajstić information content (AvgIpc) is 2.36. The Balaban J connectivity index is 3.21. The number of rotatable bonds is 4. The molecule has 100 valence electrons. The maximum absolute atomic E-state index is 12.2. The fraction of sp³-hybridized carbons (Fsp3) is 0.462. The molecule has 0 aromatic heterocycles. The van der Waals surface area contributed by atoms with E-state index < -0.39 is 0 Å². The van der Waals surface area contributed by atoms with Crippen LogP contribution < -0.4 is 15.2 Å². The molecule has 1 rings (SSSR count). The van der Waals surface area contributed by atoms with Gasteiger partial charge in [-0.2, -0.15) is 0 Å². The molecule has 0 heterocycles. The quantitative estimate of drug-likeness (QED) is 0.829. The standard InChI is InChI=1S/C13H20N2O3/c1-8(2)15(3)13(16)9-6-11(17-4)12(18-5)7-10(9)14/h6-8H,14H2,1-5H3. The van der Waals surface area contributed by atoms with Crippen molar-refractivity contribution in [2.45, 2.75) is 19.9 Å². The smallest absolute Gasteiger partial charge is 0.256 e. The zero-order chi connectivity index (χ0) is 13.9. The van der Waals surface area contributed by atoms with Gasteiger partial charge in [0.2, 0.25) is 0 Å². The van der Waals surface area contributed by atoms with Crippen LogP contribution >= 0.6 is 0 Å². The van der Waals surface area contributed by atoms with Gasteiger partial charge in [0.15, 0.2) is 11.5 Å². The van der Waals surface area contributed by atoms with Gasteiger partial charge in [0.1, 0.15) is 0 Å². The second kappa shape index (κ2) is 5.62. The highest BCUT2D eigenvalue weighted by Crippen LogP contribution is 2.32. The fourth-order valence-electron chi connectivity index (χ4n) is 1.50. The minimum atomic E-state index is -0.136. The van der Waals surface area contributed by atoms with Gasteiger partial charge in [-0.1, -0.05) is 0 Å². The first-order valence-corrected chi connectivity index (χ1v) is 5.71. The zero-order valence-corrected chi connectivity index (χ0v) is 11.5. The second-order valence-corrected chi connectivity index (χ2v) is 4.30. The third-order valence-corrected chi connectivity index (χ3v) is 2.88. The van der Waals surface area contributed by atoms with Crippen LogP contribution in [-0.2, 0) is 0 Å². The number of nitrogens with zero attached hydrogens (tertiary/aromatic N) is 1. The summed E-state index contributed by atoms with van der Waals surface area (Å²) in [7, 11) is 4.79. The number of nitrogens with two attached hydrogens (primary N) is 1. The van der Waals surface area contributed by atoms with E-state index in [-0.39, 0.29) is 11.9 Å². The van der Waals surface area contributed by atoms with E-state index in [9.17, 15) is 4.79 Å². The van der Waals surface area contributed by atoms with Crippen molar-refractivity contribution in [3.8, 4) is 11.5 Å². The molecule has 0 fully saturated rings. The number of hydrogen-bond donors (Lipinski definition) is 1. The molecule has 0 unspecified atom stereocenters. The molecule has 1 aromatic carbocycles. The fourth-order valence-corrected chi connectivity index (χ4v) is 1.50. The summed E-state index contributed by atoms with van der Waals surface area (Å²) >= 11 is 0. The SMILES string of the molecule is COc1cc(N)c(C(=O)N(C)C(C)C)cc1OC. The highest BCUT2D eigenvalue weighted by molar-refractivity contribution is 6.00. The lowest BCUT2D eigenvalue weighted by Crippen LogP contribution is -2.33. The van der Waals surface area contributed by atoms with Crippen LogP contribution in [0.25, 0.3) is 0 Å². The Kier molecular flexibility index (Phi) is 4.42. The number of hydrogen-bond acceptors (Lipinski definition) is 4. The van der Waals surface area contributed by atoms with E-state index in [1.165, 1.54) is 14.2 Å². The molecular formula is C13H20N2O3. The number of benzene rings is 1. The predicted octanol–water partition coefficient (Wildman–Crippen LogP) is 1.77. The van der Waals surface area contributed by atoms with Crippen LogP contribution in [0, 0.1) is 0 Å². The molecule has 0 aliphatic carbocycles. The van der Waals surface area contributed by atoms with Gasteiger partial charge in [-0.15, -0.1) is 0 Å². The van der Waals surface area contributed by atoms with Crippen LogP contribution in [0.1, 0.15) is 24.2 Å². The molecule has 1 aromatic rings. The number of nitrogen functional groups attached to an aromatic ring is 1. The van der Waals surface area contributed by atoms with E-state index >= 15 is 0 Å². The molecule has 5 nitrogen and oxygen atoms in total. The Morgan fingerprint density at radius 1 is 1.22 bits per heavy atom. The minimum absolute atomic E-state index is 0.102. The summed E-state index contributed by atoms with van der Waals surface area (Å²) in [6, 6.07) is 3.31. The summed E-state index contributed by atoms with van der Waals surface area (Å²) in [5.41, 5.74) is 6.68. The van der Waals surface area contributed by atoms with E-state index in [0.29, 0.717) is 22.7 Å². The average molecular weight is 252 g/mol. The topological polar surface area (TPSA) is 64.8 Å². The van der Waals surface area contributed by atoms with Crippen molar-refractivity contribution in [1.82, 2.24) is 4.90 Å². The summed E-state index contributed by atoms with van der Waals surface area (Å²) < 4.78 is 10.3. The molecule has 18 heavy (non-hydrogen) atoms. The van der Waals surface area contributed by atoms with Crippen molar-refractivity contribution in [2.24, 2.45) is 0 Å². The second-order valence-electron chi connectivity index (χ2n) is 4.30. The highest BCUT2D eigenvalue weighted by Gasteiger charge is 2.19. The summed E-state index contributed by atoms with van der Waals surface area (Å²) in [5, 5.41) is 0. The van der Waals surface area contributed by atoms with E-state index in [2.05, 4.69) is 0 Å².